The topological polar surface area (TPSA) is 47.6 Å². The Labute approximate surface area is 133 Å². The maximum absolute atomic E-state index is 11.2. The van der Waals surface area contributed by atoms with Gasteiger partial charge >= 0.3 is 5.97 Å². The number of nitrogens with one attached hydrogen (secondary N) is 1. The van der Waals surface area contributed by atoms with Crippen LogP contribution >= 0.6 is 0 Å². The molecule has 1 aromatic rings. The van der Waals surface area contributed by atoms with Gasteiger partial charge in [-0.1, -0.05) is 31.2 Å². The van der Waals surface area contributed by atoms with Crippen LogP contribution in [-0.4, -0.2) is 25.7 Å². The van der Waals surface area contributed by atoms with Gasteiger partial charge in [0.2, 0.25) is 0 Å². The van der Waals surface area contributed by atoms with E-state index in [-0.39, 0.29) is 5.97 Å². The number of esters is 1. The van der Waals surface area contributed by atoms with Crippen molar-refractivity contribution >= 4 is 5.97 Å². The van der Waals surface area contributed by atoms with E-state index in [2.05, 4.69) is 36.5 Å². The molecular formula is C18H27NO3. The summed E-state index contributed by atoms with van der Waals surface area (Å²) in [5.74, 6) is -0.146. The van der Waals surface area contributed by atoms with Gasteiger partial charge in [0.05, 0.1) is 26.2 Å². The van der Waals surface area contributed by atoms with Gasteiger partial charge in [-0.3, -0.25) is 4.79 Å². The van der Waals surface area contributed by atoms with E-state index in [1.54, 1.807) is 0 Å². The molecule has 1 aromatic carbocycles. The van der Waals surface area contributed by atoms with E-state index in [4.69, 9.17) is 9.47 Å². The van der Waals surface area contributed by atoms with Crippen molar-refractivity contribution in [2.24, 2.45) is 5.41 Å². The molecule has 0 aromatic heterocycles. The molecule has 1 saturated carbocycles. The number of benzene rings is 1. The summed E-state index contributed by atoms with van der Waals surface area (Å²) in [6, 6.07) is 8.43. The standard InChI is InChI=1S/C18H27NO3/c1-3-22-17(20)8-11-19-12-15-4-6-16(7-5-15)13-21-14-18(2)9-10-18/h4-7,19H,3,8-14H2,1-2H3. The van der Waals surface area contributed by atoms with Crippen molar-refractivity contribution in [1.29, 1.82) is 0 Å². The lowest BCUT2D eigenvalue weighted by Crippen LogP contribution is -2.19. The summed E-state index contributed by atoms with van der Waals surface area (Å²) >= 11 is 0. The third-order valence-electron chi connectivity index (χ3n) is 3.99. The molecule has 0 spiro atoms. The normalized spacial score (nSPS) is 15.5. The molecule has 1 aliphatic carbocycles. The first-order chi connectivity index (χ1) is 10.6. The van der Waals surface area contributed by atoms with E-state index in [9.17, 15) is 4.79 Å². The lowest BCUT2D eigenvalue weighted by molar-refractivity contribution is -0.142. The number of hydrogen-bond donors (Lipinski definition) is 1. The average molecular weight is 305 g/mol. The minimum absolute atomic E-state index is 0.146. The molecule has 0 radical (unpaired) electrons. The van der Waals surface area contributed by atoms with E-state index in [0.717, 1.165) is 13.2 Å². The Morgan fingerprint density at radius 1 is 1.23 bits per heavy atom. The number of ether oxygens (including phenoxy) is 2. The van der Waals surface area contributed by atoms with Crippen LogP contribution in [0, 0.1) is 5.41 Å². The predicted molar refractivity (Wildman–Crippen MR) is 86.4 cm³/mol. The maximum Gasteiger partial charge on any atom is 0.307 e. The SMILES string of the molecule is CCOC(=O)CCNCc1ccc(COCC2(C)CC2)cc1. The van der Waals surface area contributed by atoms with Gasteiger partial charge in [-0.05, 0) is 36.3 Å². The summed E-state index contributed by atoms with van der Waals surface area (Å²) in [6.45, 7) is 7.50. The van der Waals surface area contributed by atoms with Crippen LogP contribution < -0.4 is 5.32 Å². The summed E-state index contributed by atoms with van der Waals surface area (Å²) in [6.07, 6.45) is 3.01. The summed E-state index contributed by atoms with van der Waals surface area (Å²) in [5.41, 5.74) is 2.87. The number of hydrogen-bond acceptors (Lipinski definition) is 4. The number of carbonyl (C=O) groups is 1. The summed E-state index contributed by atoms with van der Waals surface area (Å²) in [4.78, 5) is 11.2. The Hall–Kier alpha value is -1.39. The quantitative estimate of drug-likeness (QED) is 0.533. The summed E-state index contributed by atoms with van der Waals surface area (Å²) in [5, 5.41) is 3.25. The molecular weight excluding hydrogens is 278 g/mol. The molecule has 0 amide bonds. The average Bonchev–Trinajstić information content (AvgIpc) is 3.23. The molecule has 1 aliphatic rings. The van der Waals surface area contributed by atoms with Crippen LogP contribution in [0.3, 0.4) is 0 Å². The maximum atomic E-state index is 11.2. The van der Waals surface area contributed by atoms with Crippen LogP contribution in [0.25, 0.3) is 0 Å². The smallest absolute Gasteiger partial charge is 0.307 e. The molecule has 0 bridgehead atoms. The van der Waals surface area contributed by atoms with Crippen LogP contribution in [0.4, 0.5) is 0 Å². The zero-order chi connectivity index (χ0) is 15.8. The van der Waals surface area contributed by atoms with Crippen molar-refractivity contribution in [2.75, 3.05) is 19.8 Å². The van der Waals surface area contributed by atoms with Crippen molar-refractivity contribution in [3.8, 4) is 0 Å². The first-order valence-electron chi connectivity index (χ1n) is 8.13. The lowest BCUT2D eigenvalue weighted by Gasteiger charge is -2.10. The van der Waals surface area contributed by atoms with Crippen molar-refractivity contribution < 1.29 is 14.3 Å². The highest BCUT2D eigenvalue weighted by Crippen LogP contribution is 2.45. The van der Waals surface area contributed by atoms with Crippen LogP contribution in [0.2, 0.25) is 0 Å². The Bertz CT molecular complexity index is 466. The largest absolute Gasteiger partial charge is 0.466 e. The molecule has 0 heterocycles. The first kappa shape index (κ1) is 17.0. The zero-order valence-electron chi connectivity index (χ0n) is 13.7. The van der Waals surface area contributed by atoms with Gasteiger partial charge in [-0.15, -0.1) is 0 Å². The fourth-order valence-electron chi connectivity index (χ4n) is 2.18. The second-order valence-corrected chi connectivity index (χ2v) is 6.35. The fourth-order valence-corrected chi connectivity index (χ4v) is 2.18. The Morgan fingerprint density at radius 3 is 2.55 bits per heavy atom. The molecule has 4 nitrogen and oxygen atoms in total. The second kappa shape index (κ2) is 8.30. The molecule has 0 aliphatic heterocycles. The van der Waals surface area contributed by atoms with Gasteiger partial charge in [-0.25, -0.2) is 0 Å². The van der Waals surface area contributed by atoms with Gasteiger partial charge in [0.15, 0.2) is 0 Å². The Balaban J connectivity index is 1.60. The number of carbonyl (C=O) groups excluding carboxylic acids is 1. The summed E-state index contributed by atoms with van der Waals surface area (Å²) < 4.78 is 10.7. The molecule has 1 N–H and O–H groups in total. The van der Waals surface area contributed by atoms with Gasteiger partial charge in [0, 0.05) is 13.1 Å². The van der Waals surface area contributed by atoms with Crippen LogP contribution in [0.1, 0.15) is 44.2 Å². The van der Waals surface area contributed by atoms with Crippen LogP contribution in [0.15, 0.2) is 24.3 Å². The van der Waals surface area contributed by atoms with Crippen molar-refractivity contribution in [3.05, 3.63) is 35.4 Å². The van der Waals surface area contributed by atoms with E-state index in [1.807, 2.05) is 6.92 Å². The third kappa shape index (κ3) is 6.16. The molecule has 0 atom stereocenters. The summed E-state index contributed by atoms with van der Waals surface area (Å²) in [7, 11) is 0. The molecule has 0 saturated heterocycles. The molecule has 0 unspecified atom stereocenters. The van der Waals surface area contributed by atoms with E-state index >= 15 is 0 Å². The molecule has 2 rings (SSSR count). The first-order valence-corrected chi connectivity index (χ1v) is 8.13. The van der Waals surface area contributed by atoms with Crippen molar-refractivity contribution in [2.45, 2.75) is 46.3 Å². The fraction of sp³-hybridized carbons (Fsp3) is 0.611. The van der Waals surface area contributed by atoms with Crippen LogP contribution in [-0.2, 0) is 27.4 Å². The van der Waals surface area contributed by atoms with Gasteiger partial charge in [0.25, 0.3) is 0 Å². The Morgan fingerprint density at radius 2 is 1.91 bits per heavy atom. The van der Waals surface area contributed by atoms with Gasteiger partial charge in [0.1, 0.15) is 0 Å². The zero-order valence-corrected chi connectivity index (χ0v) is 13.7. The highest BCUT2D eigenvalue weighted by Gasteiger charge is 2.37. The third-order valence-corrected chi connectivity index (χ3v) is 3.99. The lowest BCUT2D eigenvalue weighted by atomic mass is 10.1. The van der Waals surface area contributed by atoms with Gasteiger partial charge in [-0.2, -0.15) is 0 Å². The highest BCUT2D eigenvalue weighted by molar-refractivity contribution is 5.69. The van der Waals surface area contributed by atoms with Crippen LogP contribution in [0.5, 0.6) is 0 Å². The molecule has 22 heavy (non-hydrogen) atoms. The van der Waals surface area contributed by atoms with E-state index in [0.29, 0.717) is 31.6 Å². The highest BCUT2D eigenvalue weighted by atomic mass is 16.5. The molecule has 4 heteroatoms. The van der Waals surface area contributed by atoms with Gasteiger partial charge < -0.3 is 14.8 Å². The second-order valence-electron chi connectivity index (χ2n) is 6.35. The van der Waals surface area contributed by atoms with Crippen molar-refractivity contribution in [3.63, 3.8) is 0 Å². The minimum atomic E-state index is -0.146. The van der Waals surface area contributed by atoms with Crippen molar-refractivity contribution in [1.82, 2.24) is 5.32 Å². The monoisotopic (exact) mass is 305 g/mol. The Kier molecular flexibility index (Phi) is 6.40. The molecule has 1 fully saturated rings. The molecule has 122 valence electrons. The number of rotatable bonds is 10. The predicted octanol–water partition coefficient (Wildman–Crippen LogP) is 3.05. The van der Waals surface area contributed by atoms with E-state index < -0.39 is 0 Å². The van der Waals surface area contributed by atoms with E-state index in [1.165, 1.54) is 24.0 Å². The minimum Gasteiger partial charge on any atom is -0.466 e.